The lowest BCUT2D eigenvalue weighted by molar-refractivity contribution is -0.121. The molecule has 2 aliphatic carbocycles. The zero-order chi connectivity index (χ0) is 26.2. The van der Waals surface area contributed by atoms with E-state index < -0.39 is 0 Å². The number of hydrogen-bond acceptors (Lipinski definition) is 2. The van der Waals surface area contributed by atoms with Gasteiger partial charge in [-0.25, -0.2) is 0 Å². The summed E-state index contributed by atoms with van der Waals surface area (Å²) in [6.45, 7) is 3.47. The van der Waals surface area contributed by atoms with Crippen molar-refractivity contribution in [3.8, 4) is 11.1 Å². The fraction of sp³-hybridized carbons (Fsp3) is 0.412. The second kappa shape index (κ2) is 13.3. The highest BCUT2D eigenvalue weighted by molar-refractivity contribution is 9.10. The molecule has 0 N–H and O–H groups in total. The molecule has 0 aromatic heterocycles. The van der Waals surface area contributed by atoms with Gasteiger partial charge in [-0.15, -0.1) is 0 Å². The molecule has 2 nitrogen and oxygen atoms in total. The predicted octanol–water partition coefficient (Wildman–Crippen LogP) is 8.90. The number of halogens is 1. The third-order valence-electron chi connectivity index (χ3n) is 8.20. The Hall–Kier alpha value is -2.52. The summed E-state index contributed by atoms with van der Waals surface area (Å²) in [5.74, 6) is 2.75. The smallest absolute Gasteiger partial charge is 0.132 e. The third-order valence-corrected chi connectivity index (χ3v) is 8.70. The molecule has 194 valence electrons. The summed E-state index contributed by atoms with van der Waals surface area (Å²) in [6, 6.07) is 27.8. The van der Waals surface area contributed by atoms with Crippen LogP contribution in [-0.2, 0) is 22.4 Å². The van der Waals surface area contributed by atoms with Crippen molar-refractivity contribution in [3.05, 3.63) is 94.5 Å². The van der Waals surface area contributed by atoms with Gasteiger partial charge in [0, 0.05) is 16.3 Å². The van der Waals surface area contributed by atoms with E-state index in [-0.39, 0.29) is 0 Å². The number of hydrogen-bond donors (Lipinski definition) is 0. The van der Waals surface area contributed by atoms with Crippen molar-refractivity contribution in [2.45, 2.75) is 65.2 Å². The average Bonchev–Trinajstić information content (AvgIpc) is 3.55. The van der Waals surface area contributed by atoms with E-state index in [1.54, 1.807) is 13.8 Å². The van der Waals surface area contributed by atoms with Gasteiger partial charge in [-0.1, -0.05) is 82.7 Å². The first-order chi connectivity index (χ1) is 17.9. The molecule has 0 spiro atoms. The summed E-state index contributed by atoms with van der Waals surface area (Å²) in [7, 11) is 0. The van der Waals surface area contributed by atoms with E-state index in [2.05, 4.69) is 88.7 Å². The molecule has 0 bridgehead atoms. The summed E-state index contributed by atoms with van der Waals surface area (Å²) in [5, 5.41) is 0. The van der Waals surface area contributed by atoms with E-state index >= 15 is 0 Å². The summed E-state index contributed by atoms with van der Waals surface area (Å²) < 4.78 is 1.14. The zero-order valence-electron chi connectivity index (χ0n) is 22.2. The molecule has 0 radical (unpaired) electrons. The van der Waals surface area contributed by atoms with Crippen molar-refractivity contribution >= 4 is 27.5 Å². The first-order valence-corrected chi connectivity index (χ1v) is 14.6. The molecule has 0 saturated heterocycles. The van der Waals surface area contributed by atoms with Gasteiger partial charge in [0.25, 0.3) is 0 Å². The molecular weight excluding hydrogens is 520 g/mol. The van der Waals surface area contributed by atoms with Gasteiger partial charge >= 0.3 is 0 Å². The van der Waals surface area contributed by atoms with E-state index in [4.69, 9.17) is 0 Å². The van der Waals surface area contributed by atoms with Crippen LogP contribution in [0, 0.1) is 23.7 Å². The second-order valence-electron chi connectivity index (χ2n) is 11.1. The van der Waals surface area contributed by atoms with E-state index in [0.717, 1.165) is 43.0 Å². The lowest BCUT2D eigenvalue weighted by Crippen LogP contribution is -2.07. The molecule has 3 heteroatoms. The Morgan fingerprint density at radius 3 is 1.68 bits per heavy atom. The Morgan fingerprint density at radius 1 is 0.649 bits per heavy atom. The maximum Gasteiger partial charge on any atom is 0.132 e. The van der Waals surface area contributed by atoms with Crippen LogP contribution in [-0.4, -0.2) is 11.6 Å². The van der Waals surface area contributed by atoms with Gasteiger partial charge in [0.05, 0.1) is 0 Å². The Balaban J connectivity index is 0.000000180. The number of ketones is 2. The highest BCUT2D eigenvalue weighted by atomic mass is 79.9. The number of carbonyl (C=O) groups excluding carboxylic acids is 2. The predicted molar refractivity (Wildman–Crippen MR) is 156 cm³/mol. The van der Waals surface area contributed by atoms with Crippen LogP contribution < -0.4 is 0 Å². The first kappa shape index (κ1) is 27.5. The van der Waals surface area contributed by atoms with Crippen LogP contribution in [0.4, 0.5) is 0 Å². The lowest BCUT2D eigenvalue weighted by atomic mass is 9.94. The monoisotopic (exact) mass is 558 g/mol. The molecule has 0 amide bonds. The largest absolute Gasteiger partial charge is 0.300 e. The topological polar surface area (TPSA) is 34.1 Å². The van der Waals surface area contributed by atoms with Crippen LogP contribution in [0.25, 0.3) is 11.1 Å². The normalized spacial score (nSPS) is 22.8. The number of Topliss-reactive ketones (excluding diaryl/α,β-unsaturated/α-hetero) is 2. The van der Waals surface area contributed by atoms with Gasteiger partial charge in [-0.05, 0) is 111 Å². The highest BCUT2D eigenvalue weighted by Gasteiger charge is 2.28. The molecule has 3 aromatic rings. The molecule has 2 saturated carbocycles. The van der Waals surface area contributed by atoms with Crippen LogP contribution >= 0.6 is 15.9 Å². The zero-order valence-corrected chi connectivity index (χ0v) is 23.8. The van der Waals surface area contributed by atoms with Gasteiger partial charge in [0.1, 0.15) is 11.6 Å². The van der Waals surface area contributed by atoms with Crippen LogP contribution in [0.5, 0.6) is 0 Å². The van der Waals surface area contributed by atoms with E-state index in [9.17, 15) is 9.59 Å². The Bertz CT molecular complexity index is 1190. The summed E-state index contributed by atoms with van der Waals surface area (Å²) in [4.78, 5) is 22.8. The fourth-order valence-electron chi connectivity index (χ4n) is 6.10. The summed E-state index contributed by atoms with van der Waals surface area (Å²) in [5.41, 5.74) is 5.33. The lowest BCUT2D eigenvalue weighted by Gasteiger charge is -2.11. The Kier molecular flexibility index (Phi) is 9.91. The van der Waals surface area contributed by atoms with E-state index in [1.165, 1.54) is 35.1 Å². The standard InChI is InChI=1S/C20H22O.C14H17BrO/c1-15(21)19-11-10-17(13-19)12-16-6-5-9-20(14-16)18-7-3-2-4-8-18;1-10(16)13-6-5-12(8-13)7-11-3-2-4-14(15)9-11/h2-9,14,17,19H,10-13H2,1H3;2-4,9,12-13H,5-8H2,1H3/t17-,19+;12-,13+/m00/s1. The van der Waals surface area contributed by atoms with Crippen molar-refractivity contribution < 1.29 is 9.59 Å². The molecule has 0 aliphatic heterocycles. The van der Waals surface area contributed by atoms with Gasteiger partial charge in [0.2, 0.25) is 0 Å². The van der Waals surface area contributed by atoms with Crippen molar-refractivity contribution in [2.75, 3.05) is 0 Å². The first-order valence-electron chi connectivity index (χ1n) is 13.8. The number of benzene rings is 3. The fourth-order valence-corrected chi connectivity index (χ4v) is 6.54. The molecule has 0 unspecified atom stereocenters. The Labute approximate surface area is 231 Å². The van der Waals surface area contributed by atoms with Crippen molar-refractivity contribution in [1.29, 1.82) is 0 Å². The minimum Gasteiger partial charge on any atom is -0.300 e. The quantitative estimate of drug-likeness (QED) is 0.290. The van der Waals surface area contributed by atoms with Crippen LogP contribution in [0.1, 0.15) is 63.5 Å². The van der Waals surface area contributed by atoms with E-state index in [1.807, 2.05) is 6.07 Å². The highest BCUT2D eigenvalue weighted by Crippen LogP contribution is 2.35. The Morgan fingerprint density at radius 2 is 1.16 bits per heavy atom. The van der Waals surface area contributed by atoms with Crippen LogP contribution in [0.2, 0.25) is 0 Å². The number of carbonyl (C=O) groups is 2. The van der Waals surface area contributed by atoms with E-state index in [0.29, 0.717) is 35.2 Å². The maximum absolute atomic E-state index is 11.5. The molecule has 37 heavy (non-hydrogen) atoms. The van der Waals surface area contributed by atoms with Crippen molar-refractivity contribution in [2.24, 2.45) is 23.7 Å². The maximum atomic E-state index is 11.5. The minimum atomic E-state index is 0.312. The average molecular weight is 560 g/mol. The van der Waals surface area contributed by atoms with Gasteiger partial charge in [-0.3, -0.25) is 9.59 Å². The molecular formula is C34H39BrO2. The molecule has 4 atom stereocenters. The van der Waals surface area contributed by atoms with Crippen LogP contribution in [0.15, 0.2) is 83.3 Å². The molecule has 2 fully saturated rings. The molecule has 0 heterocycles. The van der Waals surface area contributed by atoms with Crippen molar-refractivity contribution in [1.82, 2.24) is 0 Å². The van der Waals surface area contributed by atoms with Gasteiger partial charge < -0.3 is 0 Å². The third kappa shape index (κ3) is 8.23. The molecule has 3 aromatic carbocycles. The second-order valence-corrected chi connectivity index (χ2v) is 12.0. The summed E-state index contributed by atoms with van der Waals surface area (Å²) in [6.07, 6.45) is 8.95. The number of rotatable bonds is 7. The molecule has 2 aliphatic rings. The SMILES string of the molecule is CC(=O)[C@@H]1CC[C@@H](Cc2cccc(-c3ccccc3)c2)C1.CC(=O)[C@@H]1CC[C@@H](Cc2cccc(Br)c2)C1. The molecule has 5 rings (SSSR count). The van der Waals surface area contributed by atoms with Gasteiger partial charge in [-0.2, -0.15) is 0 Å². The van der Waals surface area contributed by atoms with Crippen LogP contribution in [0.3, 0.4) is 0 Å². The summed E-state index contributed by atoms with van der Waals surface area (Å²) >= 11 is 3.49. The van der Waals surface area contributed by atoms with Gasteiger partial charge in [0.15, 0.2) is 0 Å². The minimum absolute atomic E-state index is 0.312. The van der Waals surface area contributed by atoms with Crippen molar-refractivity contribution in [3.63, 3.8) is 0 Å².